The average molecular weight is 586 g/mol. The zero-order chi connectivity index (χ0) is 30.3. The fraction of sp³-hybridized carbons (Fsp3) is 0.371. The van der Waals surface area contributed by atoms with E-state index >= 15 is 0 Å². The molecule has 1 amide bonds. The molecule has 0 radical (unpaired) electrons. The summed E-state index contributed by atoms with van der Waals surface area (Å²) in [4.78, 5) is 30.2. The molecular weight excluding hydrogens is 544 g/mol. The Labute approximate surface area is 253 Å². The summed E-state index contributed by atoms with van der Waals surface area (Å²) in [5.41, 5.74) is 2.03. The van der Waals surface area contributed by atoms with Crippen LogP contribution in [0.2, 0.25) is 0 Å². The number of nitrogens with one attached hydrogen (secondary N) is 1. The topological polar surface area (TPSA) is 89.7 Å². The number of benzene rings is 3. The van der Waals surface area contributed by atoms with Gasteiger partial charge in [0.25, 0.3) is 11.7 Å². The van der Waals surface area contributed by atoms with Gasteiger partial charge in [-0.15, -0.1) is 0 Å². The van der Waals surface area contributed by atoms with Crippen molar-refractivity contribution in [3.63, 3.8) is 0 Å². The third-order valence-electron chi connectivity index (χ3n) is 7.86. The van der Waals surface area contributed by atoms with Crippen LogP contribution < -0.4 is 14.4 Å². The van der Waals surface area contributed by atoms with Crippen LogP contribution in [0.3, 0.4) is 0 Å². The SMILES string of the molecule is Cc1cc(OCC(C)C)ccc1C(O)=C1C(=O)C(=O)N(CCC[NH+]2CCOCC2)[C@H]1c1cccc(Oc2ccccc2)c1. The molecule has 8 heteroatoms. The number of rotatable bonds is 11. The molecule has 8 nitrogen and oxygen atoms in total. The first kappa shape index (κ1) is 30.3. The van der Waals surface area contributed by atoms with Crippen LogP contribution in [0.15, 0.2) is 78.4 Å². The van der Waals surface area contributed by atoms with Crippen molar-refractivity contribution >= 4 is 17.4 Å². The van der Waals surface area contributed by atoms with Crippen LogP contribution in [-0.4, -0.2) is 67.7 Å². The van der Waals surface area contributed by atoms with Crippen LogP contribution in [0.1, 0.15) is 43.0 Å². The van der Waals surface area contributed by atoms with Crippen molar-refractivity contribution in [2.75, 3.05) is 46.0 Å². The molecule has 3 aromatic rings. The fourth-order valence-electron chi connectivity index (χ4n) is 5.64. The van der Waals surface area contributed by atoms with Crippen LogP contribution >= 0.6 is 0 Å². The molecule has 2 aliphatic heterocycles. The van der Waals surface area contributed by atoms with Gasteiger partial charge in [-0.1, -0.05) is 44.2 Å². The molecule has 2 saturated heterocycles. The summed E-state index contributed by atoms with van der Waals surface area (Å²) in [6.45, 7) is 11.2. The Morgan fingerprint density at radius 1 is 0.977 bits per heavy atom. The Balaban J connectivity index is 1.49. The van der Waals surface area contributed by atoms with E-state index in [-0.39, 0.29) is 11.3 Å². The normalized spacial score (nSPS) is 18.8. The minimum atomic E-state index is -0.754. The van der Waals surface area contributed by atoms with Crippen molar-refractivity contribution in [2.24, 2.45) is 5.92 Å². The standard InChI is InChI=1S/C35H40N2O6/c1-24(2)23-42-28-13-14-30(25(3)21-28)33(38)31-32(26-9-7-12-29(22-26)43-27-10-5-4-6-11-27)37(35(40)34(31)39)16-8-15-36-17-19-41-20-18-36/h4-7,9-14,21-22,24,32,38H,8,15-20,23H2,1-3H3/p+1/t32-/m0/s1. The second-order valence-corrected chi connectivity index (χ2v) is 11.6. The number of para-hydroxylation sites is 1. The van der Waals surface area contributed by atoms with E-state index in [1.165, 1.54) is 4.90 Å². The van der Waals surface area contributed by atoms with E-state index < -0.39 is 17.7 Å². The van der Waals surface area contributed by atoms with E-state index in [9.17, 15) is 14.7 Å². The van der Waals surface area contributed by atoms with Crippen LogP contribution in [-0.2, 0) is 14.3 Å². The van der Waals surface area contributed by atoms with E-state index in [2.05, 4.69) is 13.8 Å². The molecule has 0 bridgehead atoms. The molecule has 2 N–H and O–H groups in total. The van der Waals surface area contributed by atoms with Crippen LogP contribution in [0.4, 0.5) is 0 Å². The third-order valence-corrected chi connectivity index (χ3v) is 7.86. The molecule has 3 aromatic carbocycles. The van der Waals surface area contributed by atoms with Gasteiger partial charge in [0.15, 0.2) is 0 Å². The van der Waals surface area contributed by atoms with Crippen LogP contribution in [0.5, 0.6) is 17.2 Å². The number of amides is 1. The molecule has 1 atom stereocenters. The molecule has 5 rings (SSSR count). The summed E-state index contributed by atoms with van der Waals surface area (Å²) < 4.78 is 17.4. The maximum atomic E-state index is 13.6. The van der Waals surface area contributed by atoms with Gasteiger partial charge in [-0.25, -0.2) is 0 Å². The number of ketones is 1. The third kappa shape index (κ3) is 7.27. The van der Waals surface area contributed by atoms with Crippen molar-refractivity contribution in [3.05, 3.63) is 95.1 Å². The zero-order valence-electron chi connectivity index (χ0n) is 25.2. The zero-order valence-corrected chi connectivity index (χ0v) is 25.2. The number of ether oxygens (including phenoxy) is 3. The lowest BCUT2D eigenvalue weighted by molar-refractivity contribution is -0.908. The highest BCUT2D eigenvalue weighted by atomic mass is 16.5. The van der Waals surface area contributed by atoms with Crippen molar-refractivity contribution in [1.82, 2.24) is 4.90 Å². The van der Waals surface area contributed by atoms with Gasteiger partial charge in [-0.2, -0.15) is 0 Å². The summed E-state index contributed by atoms with van der Waals surface area (Å²) in [7, 11) is 0. The predicted octanol–water partition coefficient (Wildman–Crippen LogP) is 4.55. The van der Waals surface area contributed by atoms with E-state index in [1.807, 2.05) is 67.6 Å². The van der Waals surface area contributed by atoms with Gasteiger partial charge in [0, 0.05) is 18.5 Å². The van der Waals surface area contributed by atoms with Gasteiger partial charge in [0.05, 0.1) is 38.0 Å². The molecule has 2 aliphatic rings. The summed E-state index contributed by atoms with van der Waals surface area (Å²) in [6.07, 6.45) is 0.722. The highest BCUT2D eigenvalue weighted by molar-refractivity contribution is 6.46. The molecule has 0 aliphatic carbocycles. The Morgan fingerprint density at radius 2 is 1.72 bits per heavy atom. The molecule has 226 valence electrons. The van der Waals surface area contributed by atoms with E-state index in [1.54, 1.807) is 17.0 Å². The molecule has 0 aromatic heterocycles. The van der Waals surface area contributed by atoms with Crippen LogP contribution in [0.25, 0.3) is 5.76 Å². The van der Waals surface area contributed by atoms with E-state index in [4.69, 9.17) is 14.2 Å². The number of carbonyl (C=O) groups is 2. The first-order chi connectivity index (χ1) is 20.8. The fourth-order valence-corrected chi connectivity index (χ4v) is 5.64. The second kappa shape index (κ2) is 13.9. The molecule has 0 unspecified atom stereocenters. The van der Waals surface area contributed by atoms with Crippen molar-refractivity contribution in [1.29, 1.82) is 0 Å². The van der Waals surface area contributed by atoms with Gasteiger partial charge >= 0.3 is 0 Å². The highest BCUT2D eigenvalue weighted by Crippen LogP contribution is 2.41. The lowest BCUT2D eigenvalue weighted by atomic mass is 9.93. The minimum Gasteiger partial charge on any atom is -0.507 e. The minimum absolute atomic E-state index is 0.0829. The number of quaternary nitrogens is 1. The largest absolute Gasteiger partial charge is 0.507 e. The number of carbonyl (C=O) groups excluding carboxylic acids is 2. The number of likely N-dealkylation sites (tertiary alicyclic amines) is 1. The number of aliphatic hydroxyl groups is 1. The van der Waals surface area contributed by atoms with Gasteiger partial charge in [0.1, 0.15) is 36.1 Å². The molecule has 2 fully saturated rings. The maximum Gasteiger partial charge on any atom is 0.295 e. The van der Waals surface area contributed by atoms with Gasteiger partial charge in [-0.3, -0.25) is 9.59 Å². The van der Waals surface area contributed by atoms with E-state index in [0.717, 1.165) is 44.8 Å². The summed E-state index contributed by atoms with van der Waals surface area (Å²) in [6, 6.07) is 21.5. The quantitative estimate of drug-likeness (QED) is 0.195. The Hall–Kier alpha value is -4.14. The summed E-state index contributed by atoms with van der Waals surface area (Å²) in [5.74, 6) is 0.842. The predicted molar refractivity (Wildman–Crippen MR) is 164 cm³/mol. The number of hydrogen-bond acceptors (Lipinski definition) is 6. The number of morpholine rings is 1. The van der Waals surface area contributed by atoms with Gasteiger partial charge in [-0.05, 0) is 66.4 Å². The Bertz CT molecular complexity index is 1460. The molecule has 2 heterocycles. The molecule has 0 spiro atoms. The van der Waals surface area contributed by atoms with Crippen molar-refractivity contribution < 1.29 is 33.8 Å². The molecular formula is C35H41N2O6+. The Morgan fingerprint density at radius 3 is 2.44 bits per heavy atom. The number of nitrogens with zero attached hydrogens (tertiary/aromatic N) is 1. The maximum absolute atomic E-state index is 13.6. The smallest absolute Gasteiger partial charge is 0.295 e. The summed E-state index contributed by atoms with van der Waals surface area (Å²) in [5, 5.41) is 11.7. The number of aliphatic hydroxyl groups excluding tert-OH is 1. The first-order valence-corrected chi connectivity index (χ1v) is 15.1. The van der Waals surface area contributed by atoms with Gasteiger partial charge < -0.3 is 29.1 Å². The van der Waals surface area contributed by atoms with Crippen molar-refractivity contribution in [2.45, 2.75) is 33.2 Å². The molecule has 43 heavy (non-hydrogen) atoms. The summed E-state index contributed by atoms with van der Waals surface area (Å²) >= 11 is 0. The molecule has 0 saturated carbocycles. The average Bonchev–Trinajstić information content (AvgIpc) is 3.26. The lowest BCUT2D eigenvalue weighted by Crippen LogP contribution is -3.14. The number of Topliss-reactive ketones (excluding diaryl/α,β-unsaturated/α-hetero) is 1. The van der Waals surface area contributed by atoms with Crippen molar-refractivity contribution in [3.8, 4) is 17.2 Å². The first-order valence-electron chi connectivity index (χ1n) is 15.1. The lowest BCUT2D eigenvalue weighted by Gasteiger charge is -2.28. The Kier molecular flexibility index (Phi) is 9.79. The monoisotopic (exact) mass is 585 g/mol. The number of hydrogen-bond donors (Lipinski definition) is 2. The van der Waals surface area contributed by atoms with Gasteiger partial charge in [0.2, 0.25) is 0 Å². The van der Waals surface area contributed by atoms with E-state index in [0.29, 0.717) is 47.4 Å². The second-order valence-electron chi connectivity index (χ2n) is 11.6. The highest BCUT2D eigenvalue weighted by Gasteiger charge is 2.46. The van der Waals surface area contributed by atoms with Crippen LogP contribution in [0, 0.1) is 12.8 Å². The number of aryl methyl sites for hydroxylation is 1.